The fourth-order valence-electron chi connectivity index (χ4n) is 3.59. The number of methoxy groups -OCH3 is 1. The molecule has 3 heteroatoms. The first-order valence-corrected chi connectivity index (χ1v) is 8.49. The van der Waals surface area contributed by atoms with Crippen LogP contribution in [0.2, 0.25) is 0 Å². The third-order valence-corrected chi connectivity index (χ3v) is 4.88. The van der Waals surface area contributed by atoms with Crippen molar-refractivity contribution in [1.82, 2.24) is 10.3 Å². The molecule has 21 heavy (non-hydrogen) atoms. The second-order valence-electron chi connectivity index (χ2n) is 6.25. The number of pyridine rings is 1. The topological polar surface area (TPSA) is 34.2 Å². The fraction of sp³-hybridized carbons (Fsp3) is 0.722. The SMILES string of the molecule is CCCNCC1CCC(CC)CC1c1ncccc1OC. The summed E-state index contributed by atoms with van der Waals surface area (Å²) in [6.45, 7) is 6.75. The van der Waals surface area contributed by atoms with E-state index in [1.807, 2.05) is 12.3 Å². The highest BCUT2D eigenvalue weighted by Crippen LogP contribution is 2.43. The fourth-order valence-corrected chi connectivity index (χ4v) is 3.59. The predicted molar refractivity (Wildman–Crippen MR) is 87.8 cm³/mol. The molecule has 1 aliphatic rings. The second kappa shape index (κ2) is 8.38. The van der Waals surface area contributed by atoms with Gasteiger partial charge in [-0.2, -0.15) is 0 Å². The van der Waals surface area contributed by atoms with Gasteiger partial charge in [0.2, 0.25) is 0 Å². The first-order chi connectivity index (χ1) is 10.3. The van der Waals surface area contributed by atoms with E-state index in [1.165, 1.54) is 37.8 Å². The Balaban J connectivity index is 2.15. The number of rotatable bonds is 7. The van der Waals surface area contributed by atoms with Crippen LogP contribution in [0.15, 0.2) is 18.3 Å². The van der Waals surface area contributed by atoms with Crippen molar-refractivity contribution in [2.24, 2.45) is 11.8 Å². The van der Waals surface area contributed by atoms with Crippen LogP contribution < -0.4 is 10.1 Å². The summed E-state index contributed by atoms with van der Waals surface area (Å²) < 4.78 is 5.56. The maximum absolute atomic E-state index is 5.56. The molecule has 3 unspecified atom stereocenters. The quantitative estimate of drug-likeness (QED) is 0.771. The summed E-state index contributed by atoms with van der Waals surface area (Å²) in [5, 5.41) is 3.61. The molecule has 118 valence electrons. The monoisotopic (exact) mass is 290 g/mol. The normalized spacial score (nSPS) is 25.8. The van der Waals surface area contributed by atoms with Crippen molar-refractivity contribution in [1.29, 1.82) is 0 Å². The summed E-state index contributed by atoms with van der Waals surface area (Å²) in [7, 11) is 1.75. The van der Waals surface area contributed by atoms with Crippen LogP contribution in [0.4, 0.5) is 0 Å². The Labute approximate surface area is 129 Å². The number of hydrogen-bond acceptors (Lipinski definition) is 3. The molecule has 3 nitrogen and oxygen atoms in total. The Morgan fingerprint density at radius 2 is 2.19 bits per heavy atom. The van der Waals surface area contributed by atoms with Gasteiger partial charge in [0.05, 0.1) is 12.8 Å². The summed E-state index contributed by atoms with van der Waals surface area (Å²) in [4.78, 5) is 4.67. The minimum absolute atomic E-state index is 0.532. The van der Waals surface area contributed by atoms with Crippen LogP contribution in [0.25, 0.3) is 0 Å². The van der Waals surface area contributed by atoms with Crippen molar-refractivity contribution in [3.05, 3.63) is 24.0 Å². The molecule has 0 saturated heterocycles. The molecule has 2 rings (SSSR count). The first kappa shape index (κ1) is 16.3. The van der Waals surface area contributed by atoms with Crippen LogP contribution in [-0.4, -0.2) is 25.2 Å². The molecule has 0 bridgehead atoms. The van der Waals surface area contributed by atoms with E-state index in [-0.39, 0.29) is 0 Å². The lowest BCUT2D eigenvalue weighted by Gasteiger charge is -2.36. The number of nitrogens with zero attached hydrogens (tertiary/aromatic N) is 1. The maximum atomic E-state index is 5.56. The van der Waals surface area contributed by atoms with Gasteiger partial charge in [-0.15, -0.1) is 0 Å². The van der Waals surface area contributed by atoms with Gasteiger partial charge in [0.25, 0.3) is 0 Å². The van der Waals surface area contributed by atoms with Gasteiger partial charge in [-0.3, -0.25) is 4.98 Å². The van der Waals surface area contributed by atoms with Crippen LogP contribution in [0.3, 0.4) is 0 Å². The minimum Gasteiger partial charge on any atom is -0.495 e. The summed E-state index contributed by atoms with van der Waals surface area (Å²) in [5.74, 6) is 3.01. The van der Waals surface area contributed by atoms with Crippen molar-refractivity contribution in [2.45, 2.75) is 51.9 Å². The Morgan fingerprint density at radius 3 is 2.90 bits per heavy atom. The van der Waals surface area contributed by atoms with E-state index in [0.29, 0.717) is 11.8 Å². The van der Waals surface area contributed by atoms with Crippen LogP contribution in [0.1, 0.15) is 57.6 Å². The smallest absolute Gasteiger partial charge is 0.140 e. The van der Waals surface area contributed by atoms with Gasteiger partial charge in [0.15, 0.2) is 0 Å². The summed E-state index contributed by atoms with van der Waals surface area (Å²) in [5.41, 5.74) is 1.17. The average molecular weight is 290 g/mol. The molecule has 1 fully saturated rings. The van der Waals surface area contributed by atoms with E-state index >= 15 is 0 Å². The van der Waals surface area contributed by atoms with Crippen LogP contribution in [-0.2, 0) is 0 Å². The van der Waals surface area contributed by atoms with Gasteiger partial charge in [0.1, 0.15) is 5.75 Å². The zero-order chi connectivity index (χ0) is 15.1. The molecule has 0 radical (unpaired) electrons. The lowest BCUT2D eigenvalue weighted by atomic mass is 9.71. The van der Waals surface area contributed by atoms with E-state index in [0.717, 1.165) is 24.8 Å². The molecule has 0 spiro atoms. The van der Waals surface area contributed by atoms with E-state index in [1.54, 1.807) is 7.11 Å². The molecule has 1 heterocycles. The zero-order valence-electron chi connectivity index (χ0n) is 13.8. The number of nitrogens with one attached hydrogen (secondary N) is 1. The third-order valence-electron chi connectivity index (χ3n) is 4.88. The van der Waals surface area contributed by atoms with Gasteiger partial charge in [-0.05, 0) is 56.3 Å². The van der Waals surface area contributed by atoms with Gasteiger partial charge >= 0.3 is 0 Å². The zero-order valence-corrected chi connectivity index (χ0v) is 13.8. The largest absolute Gasteiger partial charge is 0.495 e. The van der Waals surface area contributed by atoms with E-state index in [2.05, 4.69) is 30.2 Å². The highest BCUT2D eigenvalue weighted by molar-refractivity contribution is 5.31. The lowest BCUT2D eigenvalue weighted by Crippen LogP contribution is -2.33. The van der Waals surface area contributed by atoms with Crippen molar-refractivity contribution < 1.29 is 4.74 Å². The highest BCUT2D eigenvalue weighted by Gasteiger charge is 2.33. The number of aromatic nitrogens is 1. The third kappa shape index (κ3) is 4.19. The number of hydrogen-bond donors (Lipinski definition) is 1. The highest BCUT2D eigenvalue weighted by atomic mass is 16.5. The second-order valence-corrected chi connectivity index (χ2v) is 6.25. The van der Waals surface area contributed by atoms with Gasteiger partial charge < -0.3 is 10.1 Å². The molecule has 1 aromatic rings. The molecular weight excluding hydrogens is 260 g/mol. The molecule has 1 aliphatic carbocycles. The van der Waals surface area contributed by atoms with Crippen molar-refractivity contribution >= 4 is 0 Å². The lowest BCUT2D eigenvalue weighted by molar-refractivity contribution is 0.218. The molecule has 0 aliphatic heterocycles. The molecular formula is C18H30N2O. The summed E-state index contributed by atoms with van der Waals surface area (Å²) in [6.07, 6.45) is 8.30. The molecule has 0 aromatic carbocycles. The first-order valence-electron chi connectivity index (χ1n) is 8.49. The van der Waals surface area contributed by atoms with Crippen molar-refractivity contribution in [3.63, 3.8) is 0 Å². The Kier molecular flexibility index (Phi) is 6.50. The molecule has 0 amide bonds. The summed E-state index contributed by atoms with van der Waals surface area (Å²) >= 11 is 0. The van der Waals surface area contributed by atoms with Crippen molar-refractivity contribution in [3.8, 4) is 5.75 Å². The molecule has 1 N–H and O–H groups in total. The van der Waals surface area contributed by atoms with Gasteiger partial charge in [0, 0.05) is 12.1 Å². The molecule has 1 aromatic heterocycles. The Morgan fingerprint density at radius 1 is 1.33 bits per heavy atom. The van der Waals surface area contributed by atoms with Gasteiger partial charge in [-0.1, -0.05) is 26.7 Å². The predicted octanol–water partition coefficient (Wildman–Crippen LogP) is 4.00. The van der Waals surface area contributed by atoms with Crippen LogP contribution >= 0.6 is 0 Å². The molecule has 1 saturated carbocycles. The van der Waals surface area contributed by atoms with E-state index in [4.69, 9.17) is 4.74 Å². The summed E-state index contributed by atoms with van der Waals surface area (Å²) in [6, 6.07) is 4.02. The Hall–Kier alpha value is -1.09. The minimum atomic E-state index is 0.532. The van der Waals surface area contributed by atoms with Gasteiger partial charge in [-0.25, -0.2) is 0 Å². The van der Waals surface area contributed by atoms with E-state index < -0.39 is 0 Å². The molecule has 3 atom stereocenters. The maximum Gasteiger partial charge on any atom is 0.140 e. The number of ether oxygens (including phenoxy) is 1. The van der Waals surface area contributed by atoms with Crippen LogP contribution in [0, 0.1) is 11.8 Å². The van der Waals surface area contributed by atoms with Crippen molar-refractivity contribution in [2.75, 3.05) is 20.2 Å². The average Bonchev–Trinajstić information content (AvgIpc) is 2.55. The standard InChI is InChI=1S/C18H30N2O/c1-4-10-19-13-15-9-8-14(5-2)12-16(15)18-17(21-3)7-6-11-20-18/h6-7,11,14-16,19H,4-5,8-10,12-13H2,1-3H3. The van der Waals surface area contributed by atoms with Crippen LogP contribution in [0.5, 0.6) is 5.75 Å². The Bertz CT molecular complexity index is 419. The van der Waals surface area contributed by atoms with E-state index in [9.17, 15) is 0 Å².